The molecule has 0 aliphatic rings. The van der Waals surface area contributed by atoms with Crippen molar-refractivity contribution >= 4 is 10.0 Å². The summed E-state index contributed by atoms with van der Waals surface area (Å²) in [6.07, 6.45) is 3.38. The Balaban J connectivity index is 1.90. The normalized spacial score (nSPS) is 11.8. The molecule has 0 saturated heterocycles. The van der Waals surface area contributed by atoms with Crippen molar-refractivity contribution in [3.05, 3.63) is 36.1 Å². The van der Waals surface area contributed by atoms with Gasteiger partial charge in [0.15, 0.2) is 0 Å². The number of aromatic amines is 1. The van der Waals surface area contributed by atoms with Crippen molar-refractivity contribution in [2.45, 2.75) is 18.2 Å². The van der Waals surface area contributed by atoms with Gasteiger partial charge in [-0.1, -0.05) is 0 Å². The van der Waals surface area contributed by atoms with Gasteiger partial charge in [0.05, 0.1) is 13.1 Å². The minimum absolute atomic E-state index is 0.229. The topological polar surface area (TPSA) is 114 Å². The van der Waals surface area contributed by atoms with Gasteiger partial charge in [-0.3, -0.25) is 0 Å². The molecule has 2 heterocycles. The number of imidazole rings is 1. The van der Waals surface area contributed by atoms with E-state index in [1.807, 2.05) is 0 Å². The second-order valence-corrected chi connectivity index (χ2v) is 4.90. The molecular formula is C9H12N4O3S. The van der Waals surface area contributed by atoms with Gasteiger partial charge in [-0.05, 0) is 12.1 Å². The summed E-state index contributed by atoms with van der Waals surface area (Å²) < 4.78 is 27.0. The van der Waals surface area contributed by atoms with E-state index in [4.69, 9.17) is 9.56 Å². The molecular weight excluding hydrogens is 244 g/mol. The van der Waals surface area contributed by atoms with Crippen molar-refractivity contribution in [1.29, 1.82) is 0 Å². The fourth-order valence-corrected chi connectivity index (χ4v) is 1.79. The van der Waals surface area contributed by atoms with Crippen molar-refractivity contribution in [3.63, 3.8) is 0 Å². The highest BCUT2D eigenvalue weighted by Gasteiger charge is 2.12. The number of hydrogen-bond acceptors (Lipinski definition) is 5. The van der Waals surface area contributed by atoms with Crippen LogP contribution in [0.15, 0.2) is 34.0 Å². The van der Waals surface area contributed by atoms with Gasteiger partial charge in [0.1, 0.15) is 11.6 Å². The molecule has 0 fully saturated rings. The first-order valence-corrected chi connectivity index (χ1v) is 6.41. The van der Waals surface area contributed by atoms with E-state index < -0.39 is 10.0 Å². The van der Waals surface area contributed by atoms with Crippen LogP contribution < -0.4 is 10.5 Å². The lowest BCUT2D eigenvalue weighted by Crippen LogP contribution is -2.13. The molecule has 0 bridgehead atoms. The van der Waals surface area contributed by atoms with E-state index in [0.717, 1.165) is 5.82 Å². The van der Waals surface area contributed by atoms with Crippen LogP contribution in [0.5, 0.6) is 0 Å². The molecule has 2 aromatic rings. The number of sulfonamides is 1. The van der Waals surface area contributed by atoms with Gasteiger partial charge in [-0.2, -0.15) is 0 Å². The van der Waals surface area contributed by atoms with Gasteiger partial charge in [-0.25, -0.2) is 18.5 Å². The summed E-state index contributed by atoms with van der Waals surface area (Å²) in [6, 6.07) is 2.90. The van der Waals surface area contributed by atoms with Crippen LogP contribution in [-0.2, 0) is 23.1 Å². The minimum atomic E-state index is -3.76. The van der Waals surface area contributed by atoms with Gasteiger partial charge >= 0.3 is 0 Å². The maximum Gasteiger partial charge on any atom is 0.271 e. The van der Waals surface area contributed by atoms with Crippen molar-refractivity contribution in [2.24, 2.45) is 5.14 Å². The van der Waals surface area contributed by atoms with Crippen LogP contribution in [0.4, 0.5) is 0 Å². The van der Waals surface area contributed by atoms with Crippen LogP contribution in [-0.4, -0.2) is 18.4 Å². The lowest BCUT2D eigenvalue weighted by atomic mass is 10.4. The molecule has 0 aliphatic heterocycles. The Morgan fingerprint density at radius 1 is 1.41 bits per heavy atom. The molecule has 0 amide bonds. The third kappa shape index (κ3) is 3.16. The van der Waals surface area contributed by atoms with Crippen molar-refractivity contribution in [3.8, 4) is 0 Å². The maximum atomic E-state index is 11.0. The summed E-state index contributed by atoms with van der Waals surface area (Å²) in [7, 11) is -3.76. The number of furan rings is 1. The fraction of sp³-hybridized carbons (Fsp3) is 0.222. The molecule has 0 unspecified atom stereocenters. The molecule has 0 atom stereocenters. The van der Waals surface area contributed by atoms with Gasteiger partial charge < -0.3 is 14.7 Å². The third-order valence-electron chi connectivity index (χ3n) is 2.06. The molecule has 8 heteroatoms. The zero-order chi connectivity index (χ0) is 12.3. The SMILES string of the molecule is NS(=O)(=O)c1ccc(CNCc2ncc[nH]2)o1. The highest BCUT2D eigenvalue weighted by molar-refractivity contribution is 7.89. The standard InChI is InChI=1S/C9H12N4O3S/c10-17(14,15)9-2-1-7(16-9)5-11-6-8-12-3-4-13-8/h1-4,11H,5-6H2,(H,12,13)(H2,10,14,15). The fourth-order valence-electron chi connectivity index (χ4n) is 1.30. The van der Waals surface area contributed by atoms with E-state index in [1.165, 1.54) is 6.07 Å². The number of primary sulfonamides is 1. The molecule has 92 valence electrons. The second-order valence-electron chi connectivity index (χ2n) is 3.41. The van der Waals surface area contributed by atoms with Crippen molar-refractivity contribution in [2.75, 3.05) is 0 Å². The Kier molecular flexibility index (Phi) is 3.27. The Bertz CT molecular complexity index is 573. The molecule has 4 N–H and O–H groups in total. The zero-order valence-electron chi connectivity index (χ0n) is 8.88. The molecule has 7 nitrogen and oxygen atoms in total. The maximum absolute atomic E-state index is 11.0. The average Bonchev–Trinajstić information content (AvgIpc) is 2.86. The quantitative estimate of drug-likeness (QED) is 0.693. The van der Waals surface area contributed by atoms with E-state index in [-0.39, 0.29) is 5.09 Å². The van der Waals surface area contributed by atoms with E-state index in [1.54, 1.807) is 18.5 Å². The molecule has 2 rings (SSSR count). The Morgan fingerprint density at radius 2 is 2.24 bits per heavy atom. The predicted molar refractivity (Wildman–Crippen MR) is 59.2 cm³/mol. The second kappa shape index (κ2) is 4.70. The summed E-state index contributed by atoms with van der Waals surface area (Å²) in [5.74, 6) is 1.30. The van der Waals surface area contributed by atoms with Crippen LogP contribution in [0.3, 0.4) is 0 Å². The number of H-pyrrole nitrogens is 1. The molecule has 17 heavy (non-hydrogen) atoms. The summed E-state index contributed by atoms with van der Waals surface area (Å²) in [4.78, 5) is 6.96. The number of nitrogens with one attached hydrogen (secondary N) is 2. The molecule has 2 aromatic heterocycles. The highest BCUT2D eigenvalue weighted by atomic mass is 32.2. The van der Waals surface area contributed by atoms with Crippen LogP contribution in [0.2, 0.25) is 0 Å². The van der Waals surface area contributed by atoms with Crippen molar-refractivity contribution in [1.82, 2.24) is 15.3 Å². The summed E-state index contributed by atoms with van der Waals surface area (Å²) in [5.41, 5.74) is 0. The number of hydrogen-bond donors (Lipinski definition) is 3. The van der Waals surface area contributed by atoms with E-state index in [2.05, 4.69) is 15.3 Å². The summed E-state index contributed by atoms with van der Waals surface area (Å²) >= 11 is 0. The Hall–Kier alpha value is -1.64. The predicted octanol–water partition coefficient (Wildman–Crippen LogP) is -0.0601. The monoisotopic (exact) mass is 256 g/mol. The van der Waals surface area contributed by atoms with E-state index in [9.17, 15) is 8.42 Å². The molecule has 0 spiro atoms. The highest BCUT2D eigenvalue weighted by Crippen LogP contribution is 2.11. The zero-order valence-corrected chi connectivity index (χ0v) is 9.70. The smallest absolute Gasteiger partial charge is 0.271 e. The van der Waals surface area contributed by atoms with Crippen LogP contribution >= 0.6 is 0 Å². The summed E-state index contributed by atoms with van der Waals surface area (Å²) in [5, 5.41) is 7.74. The van der Waals surface area contributed by atoms with Gasteiger partial charge in [0.2, 0.25) is 5.09 Å². The molecule has 0 aromatic carbocycles. The van der Waals surface area contributed by atoms with Crippen LogP contribution in [0.1, 0.15) is 11.6 Å². The van der Waals surface area contributed by atoms with Gasteiger partial charge in [0.25, 0.3) is 10.0 Å². The Morgan fingerprint density at radius 3 is 2.82 bits per heavy atom. The lowest BCUT2D eigenvalue weighted by Gasteiger charge is -1.99. The van der Waals surface area contributed by atoms with Gasteiger partial charge in [0, 0.05) is 12.4 Å². The van der Waals surface area contributed by atoms with E-state index >= 15 is 0 Å². The van der Waals surface area contributed by atoms with E-state index in [0.29, 0.717) is 18.8 Å². The van der Waals surface area contributed by atoms with Gasteiger partial charge in [-0.15, -0.1) is 0 Å². The Labute approximate surface area is 98.1 Å². The summed E-state index contributed by atoms with van der Waals surface area (Å²) in [6.45, 7) is 0.939. The number of nitrogens with two attached hydrogens (primary N) is 1. The third-order valence-corrected chi connectivity index (χ3v) is 2.84. The first-order chi connectivity index (χ1) is 8.05. The number of rotatable bonds is 5. The number of aromatic nitrogens is 2. The average molecular weight is 256 g/mol. The van der Waals surface area contributed by atoms with Crippen LogP contribution in [0.25, 0.3) is 0 Å². The largest absolute Gasteiger partial charge is 0.447 e. The first kappa shape index (κ1) is 11.8. The molecule has 0 aliphatic carbocycles. The molecule has 0 saturated carbocycles. The molecule has 0 radical (unpaired) electrons. The first-order valence-electron chi connectivity index (χ1n) is 4.86. The number of nitrogens with zero attached hydrogens (tertiary/aromatic N) is 1. The lowest BCUT2D eigenvalue weighted by molar-refractivity contribution is 0.401. The van der Waals surface area contributed by atoms with Crippen LogP contribution in [0, 0.1) is 0 Å². The van der Waals surface area contributed by atoms with Crippen molar-refractivity contribution < 1.29 is 12.8 Å². The minimum Gasteiger partial charge on any atom is -0.447 e.